The van der Waals surface area contributed by atoms with Gasteiger partial charge in [0.1, 0.15) is 17.9 Å². The molecule has 0 heterocycles. The summed E-state index contributed by atoms with van der Waals surface area (Å²) in [5.41, 5.74) is 8.81. The predicted molar refractivity (Wildman–Crippen MR) is 167 cm³/mol. The molecule has 13 heteroatoms. The quantitative estimate of drug-likeness (QED) is 0.0848. The van der Waals surface area contributed by atoms with Crippen LogP contribution in [0, 0.1) is 5.92 Å². The van der Waals surface area contributed by atoms with E-state index in [1.165, 1.54) is 6.92 Å². The van der Waals surface area contributed by atoms with Crippen molar-refractivity contribution in [3.63, 3.8) is 0 Å². The smallest absolute Gasteiger partial charge is 0.312 e. The van der Waals surface area contributed by atoms with E-state index in [-0.39, 0.29) is 55.9 Å². The number of ketones is 1. The Labute approximate surface area is 260 Å². The van der Waals surface area contributed by atoms with Gasteiger partial charge in [0.15, 0.2) is 0 Å². The molecule has 0 aliphatic heterocycles. The summed E-state index contributed by atoms with van der Waals surface area (Å²) in [4.78, 5) is 78.2. The molecule has 0 saturated carbocycles. The topological polar surface area (TPSA) is 198 Å². The first-order valence-electron chi connectivity index (χ1n) is 15.4. The summed E-state index contributed by atoms with van der Waals surface area (Å²) in [6.45, 7) is 7.47. The first-order valence-corrected chi connectivity index (χ1v) is 15.4. The summed E-state index contributed by atoms with van der Waals surface area (Å²) in [6, 6.07) is 4.27. The Kier molecular flexibility index (Phi) is 18.7. The Morgan fingerprint density at radius 3 is 2.11 bits per heavy atom. The van der Waals surface area contributed by atoms with Crippen molar-refractivity contribution in [2.24, 2.45) is 11.7 Å². The zero-order chi connectivity index (χ0) is 32.9. The summed E-state index contributed by atoms with van der Waals surface area (Å²) < 4.78 is 0. The minimum Gasteiger partial charge on any atom is -0.352 e. The van der Waals surface area contributed by atoms with Crippen molar-refractivity contribution in [2.45, 2.75) is 111 Å². The van der Waals surface area contributed by atoms with Crippen molar-refractivity contribution in [2.75, 3.05) is 11.9 Å². The Balaban J connectivity index is 2.77. The molecule has 0 aromatic heterocycles. The van der Waals surface area contributed by atoms with Crippen LogP contribution in [0.5, 0.6) is 0 Å². The molecule has 0 aliphatic carbocycles. The Morgan fingerprint density at radius 1 is 0.818 bits per heavy atom. The Hall–Kier alpha value is -4.00. The van der Waals surface area contributed by atoms with Gasteiger partial charge in [-0.25, -0.2) is 10.3 Å². The van der Waals surface area contributed by atoms with Gasteiger partial charge in [0.05, 0.1) is 6.61 Å². The van der Waals surface area contributed by atoms with E-state index in [1.54, 1.807) is 38.1 Å². The van der Waals surface area contributed by atoms with Gasteiger partial charge in [-0.3, -0.25) is 24.0 Å². The third-order valence-corrected chi connectivity index (χ3v) is 6.70. The first-order chi connectivity index (χ1) is 20.9. The SMILES string of the molecule is CCCCCCC(=O)NOCc1ccc(NC(=O)[C@H](CCCNC(N)=O)NC(=O)[C@@H](NC(=O)CCCC(C)=O)C(C)C)cc1. The van der Waals surface area contributed by atoms with Crippen LogP contribution in [0.4, 0.5) is 10.5 Å². The lowest BCUT2D eigenvalue weighted by Gasteiger charge is -2.25. The maximum atomic E-state index is 13.2. The van der Waals surface area contributed by atoms with Crippen LogP contribution in [0.2, 0.25) is 0 Å². The van der Waals surface area contributed by atoms with Crippen molar-refractivity contribution in [3.05, 3.63) is 29.8 Å². The molecular formula is C31H50N6O7. The minimum atomic E-state index is -0.969. The van der Waals surface area contributed by atoms with E-state index in [9.17, 15) is 28.8 Å². The van der Waals surface area contributed by atoms with E-state index in [1.807, 2.05) is 0 Å². The lowest BCUT2D eigenvalue weighted by atomic mass is 10.0. The van der Waals surface area contributed by atoms with Crippen LogP contribution in [0.3, 0.4) is 0 Å². The van der Waals surface area contributed by atoms with Gasteiger partial charge in [0.2, 0.25) is 23.6 Å². The second-order valence-corrected chi connectivity index (χ2v) is 11.1. The van der Waals surface area contributed by atoms with Gasteiger partial charge in [-0.2, -0.15) is 0 Å². The maximum Gasteiger partial charge on any atom is 0.312 e. The van der Waals surface area contributed by atoms with Gasteiger partial charge in [-0.05, 0) is 56.2 Å². The zero-order valence-corrected chi connectivity index (χ0v) is 26.5. The fourth-order valence-electron chi connectivity index (χ4n) is 4.20. The van der Waals surface area contributed by atoms with E-state index >= 15 is 0 Å². The van der Waals surface area contributed by atoms with Crippen LogP contribution in [-0.4, -0.2) is 54.1 Å². The molecule has 246 valence electrons. The van der Waals surface area contributed by atoms with Crippen LogP contribution >= 0.6 is 0 Å². The van der Waals surface area contributed by atoms with E-state index in [0.717, 1.165) is 31.2 Å². The number of unbranched alkanes of at least 4 members (excludes halogenated alkanes) is 3. The molecule has 1 rings (SSSR count). The fourth-order valence-corrected chi connectivity index (χ4v) is 4.20. The number of nitrogens with one attached hydrogen (secondary N) is 5. The summed E-state index contributed by atoms with van der Waals surface area (Å²) >= 11 is 0. The molecule has 0 unspecified atom stereocenters. The number of hydroxylamine groups is 1. The Bertz CT molecular complexity index is 1080. The number of urea groups is 1. The highest BCUT2D eigenvalue weighted by atomic mass is 16.6. The molecule has 1 aromatic carbocycles. The van der Waals surface area contributed by atoms with Crippen molar-refractivity contribution >= 4 is 41.1 Å². The fraction of sp³-hybridized carbons (Fsp3) is 0.613. The van der Waals surface area contributed by atoms with Gasteiger partial charge in [-0.15, -0.1) is 0 Å². The lowest BCUT2D eigenvalue weighted by molar-refractivity contribution is -0.134. The normalized spacial score (nSPS) is 12.1. The zero-order valence-electron chi connectivity index (χ0n) is 26.5. The summed E-state index contributed by atoms with van der Waals surface area (Å²) in [7, 11) is 0. The molecule has 1 aromatic rings. The molecule has 0 radical (unpaired) electrons. The van der Waals surface area contributed by atoms with Gasteiger partial charge in [-0.1, -0.05) is 52.2 Å². The van der Waals surface area contributed by atoms with Crippen LogP contribution in [0.1, 0.15) is 97.5 Å². The van der Waals surface area contributed by atoms with Crippen molar-refractivity contribution < 1.29 is 33.6 Å². The number of hydrogen-bond acceptors (Lipinski definition) is 7. The monoisotopic (exact) mass is 618 g/mol. The van der Waals surface area contributed by atoms with Crippen molar-refractivity contribution in [1.82, 2.24) is 21.4 Å². The van der Waals surface area contributed by atoms with Crippen LogP contribution in [0.25, 0.3) is 0 Å². The number of hydrogen-bond donors (Lipinski definition) is 6. The standard InChI is InChI=1S/C31H50N6O7/c1-5-6-7-8-13-27(40)37-44-20-23-15-17-24(18-16-23)34-29(41)25(12-10-19-33-31(32)43)35-30(42)28(21(2)3)36-26(39)14-9-11-22(4)38/h15-18,21,25,28H,5-14,19-20H2,1-4H3,(H,34,41)(H,35,42)(H,36,39)(H,37,40)(H3,32,33,43)/t25-,28-/m0/s1. The molecule has 7 N–H and O–H groups in total. The average molecular weight is 619 g/mol. The molecule has 13 nitrogen and oxygen atoms in total. The van der Waals surface area contributed by atoms with Crippen molar-refractivity contribution in [1.29, 1.82) is 0 Å². The second-order valence-electron chi connectivity index (χ2n) is 11.1. The molecule has 44 heavy (non-hydrogen) atoms. The molecule has 0 fully saturated rings. The van der Waals surface area contributed by atoms with Gasteiger partial charge >= 0.3 is 6.03 Å². The van der Waals surface area contributed by atoms with E-state index in [2.05, 4.69) is 33.7 Å². The third kappa shape index (κ3) is 17.2. The molecule has 0 saturated heterocycles. The van der Waals surface area contributed by atoms with Gasteiger partial charge in [0.25, 0.3) is 0 Å². The summed E-state index contributed by atoms with van der Waals surface area (Å²) in [5.74, 6) is -1.82. The number of Topliss-reactive ketones (excluding diaryl/α,β-unsaturated/α-hetero) is 1. The maximum absolute atomic E-state index is 13.2. The minimum absolute atomic E-state index is 0.0180. The number of rotatable bonds is 22. The second kappa shape index (κ2) is 21.7. The van der Waals surface area contributed by atoms with Crippen molar-refractivity contribution in [3.8, 4) is 0 Å². The van der Waals surface area contributed by atoms with Gasteiger partial charge in [0, 0.05) is 31.5 Å². The van der Waals surface area contributed by atoms with Crippen LogP contribution in [-0.2, 0) is 35.4 Å². The predicted octanol–water partition coefficient (Wildman–Crippen LogP) is 2.98. The highest BCUT2D eigenvalue weighted by molar-refractivity contribution is 5.98. The number of benzene rings is 1. The summed E-state index contributed by atoms with van der Waals surface area (Å²) in [5, 5.41) is 10.7. The molecular weight excluding hydrogens is 568 g/mol. The molecule has 0 aliphatic rings. The average Bonchev–Trinajstić information content (AvgIpc) is 2.96. The lowest BCUT2D eigenvalue weighted by Crippen LogP contribution is -2.54. The number of carbonyl (C=O) groups is 6. The highest BCUT2D eigenvalue weighted by Gasteiger charge is 2.28. The number of primary amides is 1. The number of carbonyl (C=O) groups excluding carboxylic acids is 6. The number of amides is 6. The molecule has 2 atom stereocenters. The molecule has 0 spiro atoms. The molecule has 0 bridgehead atoms. The largest absolute Gasteiger partial charge is 0.352 e. The van der Waals surface area contributed by atoms with Crippen LogP contribution < -0.4 is 32.5 Å². The third-order valence-electron chi connectivity index (χ3n) is 6.70. The summed E-state index contributed by atoms with van der Waals surface area (Å²) in [6.07, 6.45) is 5.72. The number of anilines is 1. The molecule has 6 amide bonds. The number of nitrogens with two attached hydrogens (primary N) is 1. The Morgan fingerprint density at radius 2 is 1.50 bits per heavy atom. The van der Waals surface area contributed by atoms with E-state index in [0.29, 0.717) is 24.9 Å². The van der Waals surface area contributed by atoms with Gasteiger partial charge < -0.3 is 31.8 Å². The first kappa shape index (κ1) is 38.0. The van der Waals surface area contributed by atoms with Crippen LogP contribution in [0.15, 0.2) is 24.3 Å². The van der Waals surface area contributed by atoms with E-state index in [4.69, 9.17) is 10.6 Å². The van der Waals surface area contributed by atoms with E-state index < -0.39 is 29.9 Å². The highest BCUT2D eigenvalue weighted by Crippen LogP contribution is 2.13.